The minimum absolute atomic E-state index is 0.0721. The van der Waals surface area contributed by atoms with Crippen LogP contribution in [0.25, 0.3) is 10.2 Å². The number of nitrogens with zero attached hydrogens (tertiary/aromatic N) is 1. The van der Waals surface area contributed by atoms with E-state index in [2.05, 4.69) is 19.8 Å². The lowest BCUT2D eigenvalue weighted by Gasteiger charge is -2.03. The number of carbonyl (C=O) groups is 2. The number of aromatic nitrogens is 1. The van der Waals surface area contributed by atoms with Gasteiger partial charge in [0.05, 0.1) is 35.6 Å². The summed E-state index contributed by atoms with van der Waals surface area (Å²) in [4.78, 5) is 27.6. The number of carbonyl (C=O) groups excluding carboxylic acids is 2. The first kappa shape index (κ1) is 16.8. The van der Waals surface area contributed by atoms with E-state index >= 15 is 0 Å². The molecule has 3 aromatic rings. The van der Waals surface area contributed by atoms with Crippen LogP contribution in [0.2, 0.25) is 0 Å². The molecule has 0 fully saturated rings. The number of rotatable bonds is 4. The highest BCUT2D eigenvalue weighted by atomic mass is 32.1. The summed E-state index contributed by atoms with van der Waals surface area (Å²) in [6.07, 6.45) is 0. The second-order valence-electron chi connectivity index (χ2n) is 5.00. The molecular formula is C17H13FN2O4S. The molecule has 0 aliphatic carbocycles. The van der Waals surface area contributed by atoms with Crippen LogP contribution in [-0.4, -0.2) is 31.1 Å². The maximum Gasteiger partial charge on any atom is 0.340 e. The smallest absolute Gasteiger partial charge is 0.340 e. The Morgan fingerprint density at radius 2 is 1.76 bits per heavy atom. The minimum Gasteiger partial charge on any atom is -0.465 e. The quantitative estimate of drug-likeness (QED) is 0.714. The largest absolute Gasteiger partial charge is 0.465 e. The molecule has 3 rings (SSSR count). The summed E-state index contributed by atoms with van der Waals surface area (Å²) in [6, 6.07) is 9.02. The van der Waals surface area contributed by atoms with Crippen LogP contribution in [0.5, 0.6) is 0 Å². The molecule has 6 nitrogen and oxygen atoms in total. The molecule has 1 N–H and O–H groups in total. The molecule has 25 heavy (non-hydrogen) atoms. The normalized spacial score (nSPS) is 10.5. The maximum atomic E-state index is 13.7. The van der Waals surface area contributed by atoms with E-state index in [1.165, 1.54) is 31.6 Å². The van der Waals surface area contributed by atoms with Crippen LogP contribution in [0.3, 0.4) is 0 Å². The van der Waals surface area contributed by atoms with Crippen molar-refractivity contribution in [2.24, 2.45) is 0 Å². The summed E-state index contributed by atoms with van der Waals surface area (Å²) in [5.41, 5.74) is 1.55. The minimum atomic E-state index is -0.649. The standard InChI is InChI=1S/C17H13FN2O4S/c1-23-15(21)9-3-5-11(6-4-9)19-17-20-14-12(16(22)24-2)7-10(18)8-13(14)25-17/h3-8H,1-2H3,(H,19,20). The van der Waals surface area contributed by atoms with Gasteiger partial charge in [0, 0.05) is 5.69 Å². The predicted molar refractivity (Wildman–Crippen MR) is 92.0 cm³/mol. The molecule has 1 aromatic heterocycles. The van der Waals surface area contributed by atoms with Gasteiger partial charge in [-0.25, -0.2) is 19.0 Å². The molecule has 0 saturated heterocycles. The third-order valence-electron chi connectivity index (χ3n) is 3.42. The van der Waals surface area contributed by atoms with Gasteiger partial charge in [-0.2, -0.15) is 0 Å². The van der Waals surface area contributed by atoms with Crippen LogP contribution in [0.4, 0.5) is 15.2 Å². The van der Waals surface area contributed by atoms with Crippen LogP contribution < -0.4 is 5.32 Å². The summed E-state index contributed by atoms with van der Waals surface area (Å²) in [5.74, 6) is -1.61. The highest BCUT2D eigenvalue weighted by Gasteiger charge is 2.17. The van der Waals surface area contributed by atoms with E-state index in [1.54, 1.807) is 24.3 Å². The number of thiazole rings is 1. The Morgan fingerprint density at radius 1 is 1.08 bits per heavy atom. The summed E-state index contributed by atoms with van der Waals surface area (Å²) >= 11 is 1.20. The Bertz CT molecular complexity index is 953. The Labute approximate surface area is 146 Å². The van der Waals surface area contributed by atoms with Crippen LogP contribution >= 0.6 is 11.3 Å². The average Bonchev–Trinajstić information content (AvgIpc) is 3.02. The van der Waals surface area contributed by atoms with Gasteiger partial charge < -0.3 is 14.8 Å². The molecule has 0 saturated carbocycles. The first-order chi connectivity index (χ1) is 12.0. The molecule has 0 unspecified atom stereocenters. The van der Waals surface area contributed by atoms with E-state index in [4.69, 9.17) is 0 Å². The number of hydrogen-bond acceptors (Lipinski definition) is 7. The second kappa shape index (κ2) is 6.86. The number of nitrogens with one attached hydrogen (secondary N) is 1. The van der Waals surface area contributed by atoms with E-state index in [0.29, 0.717) is 26.6 Å². The molecule has 2 aromatic carbocycles. The van der Waals surface area contributed by atoms with Crippen molar-refractivity contribution < 1.29 is 23.5 Å². The van der Waals surface area contributed by atoms with Gasteiger partial charge in [-0.1, -0.05) is 11.3 Å². The summed E-state index contributed by atoms with van der Waals surface area (Å²) < 4.78 is 23.5. The van der Waals surface area contributed by atoms with Gasteiger partial charge in [0.15, 0.2) is 5.13 Å². The van der Waals surface area contributed by atoms with Crippen molar-refractivity contribution in [1.82, 2.24) is 4.98 Å². The number of hydrogen-bond donors (Lipinski definition) is 1. The molecule has 8 heteroatoms. The van der Waals surface area contributed by atoms with E-state index in [9.17, 15) is 14.0 Å². The Morgan fingerprint density at radius 3 is 2.40 bits per heavy atom. The molecule has 0 atom stereocenters. The fourth-order valence-corrected chi connectivity index (χ4v) is 3.18. The molecule has 128 valence electrons. The molecule has 0 aliphatic rings. The molecular weight excluding hydrogens is 347 g/mol. The lowest BCUT2D eigenvalue weighted by atomic mass is 10.2. The van der Waals surface area contributed by atoms with Crippen molar-refractivity contribution in [1.29, 1.82) is 0 Å². The van der Waals surface area contributed by atoms with Gasteiger partial charge in [0.1, 0.15) is 5.82 Å². The predicted octanol–water partition coefficient (Wildman–Crippen LogP) is 3.75. The van der Waals surface area contributed by atoms with Gasteiger partial charge in [-0.3, -0.25) is 0 Å². The molecule has 0 aliphatic heterocycles. The van der Waals surface area contributed by atoms with Crippen molar-refractivity contribution >= 4 is 44.3 Å². The van der Waals surface area contributed by atoms with E-state index in [0.717, 1.165) is 6.07 Å². The number of benzene rings is 2. The van der Waals surface area contributed by atoms with Gasteiger partial charge in [0.25, 0.3) is 0 Å². The zero-order chi connectivity index (χ0) is 18.0. The fraction of sp³-hybridized carbons (Fsp3) is 0.118. The Balaban J connectivity index is 1.92. The highest BCUT2D eigenvalue weighted by molar-refractivity contribution is 7.22. The van der Waals surface area contributed by atoms with Crippen molar-refractivity contribution in [2.45, 2.75) is 0 Å². The number of anilines is 2. The van der Waals surface area contributed by atoms with Crippen LogP contribution in [-0.2, 0) is 9.47 Å². The van der Waals surface area contributed by atoms with Crippen molar-refractivity contribution in [2.75, 3.05) is 19.5 Å². The summed E-state index contributed by atoms with van der Waals surface area (Å²) in [7, 11) is 2.54. The fourth-order valence-electron chi connectivity index (χ4n) is 2.25. The molecule has 1 heterocycles. The Kier molecular flexibility index (Phi) is 4.62. The monoisotopic (exact) mass is 360 g/mol. The maximum absolute atomic E-state index is 13.7. The lowest BCUT2D eigenvalue weighted by molar-refractivity contribution is 0.0592. The lowest BCUT2D eigenvalue weighted by Crippen LogP contribution is -2.03. The topological polar surface area (TPSA) is 77.5 Å². The first-order valence-electron chi connectivity index (χ1n) is 7.15. The third-order valence-corrected chi connectivity index (χ3v) is 4.34. The van der Waals surface area contributed by atoms with Gasteiger partial charge in [-0.05, 0) is 36.4 Å². The van der Waals surface area contributed by atoms with E-state index in [-0.39, 0.29) is 5.56 Å². The van der Waals surface area contributed by atoms with Gasteiger partial charge in [0.2, 0.25) is 0 Å². The zero-order valence-electron chi connectivity index (χ0n) is 13.3. The van der Waals surface area contributed by atoms with Crippen molar-refractivity contribution in [3.63, 3.8) is 0 Å². The SMILES string of the molecule is COC(=O)c1ccc(Nc2nc3c(C(=O)OC)cc(F)cc3s2)cc1. The first-order valence-corrected chi connectivity index (χ1v) is 7.97. The molecule has 0 radical (unpaired) electrons. The third kappa shape index (κ3) is 3.43. The van der Waals surface area contributed by atoms with Crippen LogP contribution in [0.1, 0.15) is 20.7 Å². The number of halogens is 1. The summed E-state index contributed by atoms with van der Waals surface area (Å²) in [6.45, 7) is 0. The summed E-state index contributed by atoms with van der Waals surface area (Å²) in [5, 5.41) is 3.54. The zero-order valence-corrected chi connectivity index (χ0v) is 14.1. The molecule has 0 spiro atoms. The number of esters is 2. The van der Waals surface area contributed by atoms with Crippen LogP contribution in [0, 0.1) is 5.82 Å². The van der Waals surface area contributed by atoms with E-state index < -0.39 is 17.8 Å². The van der Waals surface area contributed by atoms with E-state index in [1.807, 2.05) is 0 Å². The highest BCUT2D eigenvalue weighted by Crippen LogP contribution is 2.31. The molecule has 0 amide bonds. The second-order valence-corrected chi connectivity index (χ2v) is 6.04. The van der Waals surface area contributed by atoms with Crippen LogP contribution in [0.15, 0.2) is 36.4 Å². The Hall–Kier alpha value is -3.00. The number of ether oxygens (including phenoxy) is 2. The molecule has 0 bridgehead atoms. The van der Waals surface area contributed by atoms with Gasteiger partial charge in [-0.15, -0.1) is 0 Å². The number of fused-ring (bicyclic) bond motifs is 1. The van der Waals surface area contributed by atoms with Crippen molar-refractivity contribution in [3.8, 4) is 0 Å². The average molecular weight is 360 g/mol. The van der Waals surface area contributed by atoms with Crippen molar-refractivity contribution in [3.05, 3.63) is 53.3 Å². The van der Waals surface area contributed by atoms with Gasteiger partial charge >= 0.3 is 11.9 Å². The number of methoxy groups -OCH3 is 2.